The van der Waals surface area contributed by atoms with Crippen molar-refractivity contribution in [2.75, 3.05) is 0 Å². The Morgan fingerprint density at radius 1 is 1.57 bits per heavy atom. The monoisotopic (exact) mass is 210 g/mol. The van der Waals surface area contributed by atoms with E-state index in [0.29, 0.717) is 16.5 Å². The van der Waals surface area contributed by atoms with Gasteiger partial charge in [0, 0.05) is 0 Å². The molecule has 0 fully saturated rings. The summed E-state index contributed by atoms with van der Waals surface area (Å²) in [6.45, 7) is 1.99. The highest BCUT2D eigenvalue weighted by Gasteiger charge is 2.13. The fraction of sp³-hybridized carbons (Fsp3) is 0.300. The van der Waals surface area contributed by atoms with Crippen molar-refractivity contribution in [3.63, 3.8) is 0 Å². The van der Waals surface area contributed by atoms with Gasteiger partial charge in [-0.1, -0.05) is 24.6 Å². The number of hydrogen-bond acceptors (Lipinski definition) is 3. The van der Waals surface area contributed by atoms with Crippen LogP contribution >= 0.6 is 11.6 Å². The van der Waals surface area contributed by atoms with Gasteiger partial charge in [-0.2, -0.15) is 0 Å². The van der Waals surface area contributed by atoms with Gasteiger partial charge in [0.1, 0.15) is 5.52 Å². The standard InChI is InChI=1S/C10H11ClN2O/c1-2-7(12)10-13-8-5-3-4-6(11)9(8)14-10/h3-5,7H,2,12H2,1H3. The molecular weight excluding hydrogens is 200 g/mol. The molecule has 14 heavy (non-hydrogen) atoms. The molecule has 0 spiro atoms. The van der Waals surface area contributed by atoms with E-state index in [1.165, 1.54) is 0 Å². The van der Waals surface area contributed by atoms with Crippen molar-refractivity contribution >= 4 is 22.7 Å². The molecule has 1 unspecified atom stereocenters. The molecule has 4 heteroatoms. The van der Waals surface area contributed by atoms with Gasteiger partial charge in [-0.3, -0.25) is 0 Å². The number of para-hydroxylation sites is 1. The molecule has 2 aromatic rings. The highest BCUT2D eigenvalue weighted by molar-refractivity contribution is 6.34. The molecule has 74 valence electrons. The van der Waals surface area contributed by atoms with E-state index in [2.05, 4.69) is 4.98 Å². The summed E-state index contributed by atoms with van der Waals surface area (Å²) in [7, 11) is 0. The number of aromatic nitrogens is 1. The second-order valence-electron chi connectivity index (χ2n) is 3.15. The normalized spacial score (nSPS) is 13.4. The Morgan fingerprint density at radius 3 is 3.00 bits per heavy atom. The molecule has 0 aliphatic carbocycles. The van der Waals surface area contributed by atoms with Crippen LogP contribution in [-0.2, 0) is 0 Å². The number of halogens is 1. The average Bonchev–Trinajstić information content (AvgIpc) is 2.62. The summed E-state index contributed by atoms with van der Waals surface area (Å²) in [5.74, 6) is 0.551. The maximum absolute atomic E-state index is 5.94. The zero-order valence-electron chi connectivity index (χ0n) is 7.83. The summed E-state index contributed by atoms with van der Waals surface area (Å²) in [4.78, 5) is 4.27. The van der Waals surface area contributed by atoms with Crippen LogP contribution in [-0.4, -0.2) is 4.98 Å². The van der Waals surface area contributed by atoms with Gasteiger partial charge in [0.05, 0.1) is 11.1 Å². The van der Waals surface area contributed by atoms with Crippen molar-refractivity contribution in [3.8, 4) is 0 Å². The first kappa shape index (κ1) is 9.49. The predicted molar refractivity (Wildman–Crippen MR) is 56.2 cm³/mol. The molecule has 0 bridgehead atoms. The first-order valence-electron chi connectivity index (χ1n) is 4.53. The Labute approximate surface area is 86.9 Å². The summed E-state index contributed by atoms with van der Waals surface area (Å²) in [5, 5.41) is 0.574. The lowest BCUT2D eigenvalue weighted by Crippen LogP contribution is -2.08. The maximum Gasteiger partial charge on any atom is 0.212 e. The van der Waals surface area contributed by atoms with Crippen LogP contribution in [0.25, 0.3) is 11.1 Å². The zero-order valence-corrected chi connectivity index (χ0v) is 8.58. The van der Waals surface area contributed by atoms with Crippen molar-refractivity contribution in [3.05, 3.63) is 29.1 Å². The predicted octanol–water partition coefficient (Wildman–Crippen LogP) is 2.89. The van der Waals surface area contributed by atoms with Crippen LogP contribution in [0.3, 0.4) is 0 Å². The lowest BCUT2D eigenvalue weighted by Gasteiger charge is -2.00. The van der Waals surface area contributed by atoms with E-state index in [9.17, 15) is 0 Å². The van der Waals surface area contributed by atoms with Gasteiger partial charge in [0.15, 0.2) is 5.58 Å². The smallest absolute Gasteiger partial charge is 0.212 e. The third-order valence-electron chi connectivity index (χ3n) is 2.14. The fourth-order valence-corrected chi connectivity index (χ4v) is 1.47. The SMILES string of the molecule is CCC(N)c1nc2cccc(Cl)c2o1. The highest BCUT2D eigenvalue weighted by atomic mass is 35.5. The minimum Gasteiger partial charge on any atom is -0.437 e. The third-order valence-corrected chi connectivity index (χ3v) is 2.44. The van der Waals surface area contributed by atoms with Crippen molar-refractivity contribution in [1.82, 2.24) is 4.98 Å². The van der Waals surface area contributed by atoms with E-state index in [0.717, 1.165) is 11.9 Å². The number of rotatable bonds is 2. The number of nitrogens with zero attached hydrogens (tertiary/aromatic N) is 1. The van der Waals surface area contributed by atoms with Crippen LogP contribution in [0, 0.1) is 0 Å². The lowest BCUT2D eigenvalue weighted by molar-refractivity contribution is 0.469. The molecular formula is C10H11ClN2O. The van der Waals surface area contributed by atoms with Crippen molar-refractivity contribution in [2.45, 2.75) is 19.4 Å². The number of fused-ring (bicyclic) bond motifs is 1. The molecule has 2 rings (SSSR count). The topological polar surface area (TPSA) is 52.0 Å². The Balaban J connectivity index is 2.56. The maximum atomic E-state index is 5.94. The minimum atomic E-state index is -0.154. The van der Waals surface area contributed by atoms with Crippen molar-refractivity contribution in [2.24, 2.45) is 5.73 Å². The molecule has 1 heterocycles. The number of benzene rings is 1. The molecule has 0 aliphatic heterocycles. The van der Waals surface area contributed by atoms with Crippen LogP contribution in [0.15, 0.2) is 22.6 Å². The minimum absolute atomic E-state index is 0.154. The molecule has 0 radical (unpaired) electrons. The lowest BCUT2D eigenvalue weighted by atomic mass is 10.2. The molecule has 1 aromatic carbocycles. The highest BCUT2D eigenvalue weighted by Crippen LogP contribution is 2.26. The summed E-state index contributed by atoms with van der Waals surface area (Å²) in [6.07, 6.45) is 0.796. The fourth-order valence-electron chi connectivity index (χ4n) is 1.27. The zero-order chi connectivity index (χ0) is 10.1. The molecule has 0 aliphatic rings. The van der Waals surface area contributed by atoms with Crippen LogP contribution in [0.5, 0.6) is 0 Å². The average molecular weight is 211 g/mol. The molecule has 0 amide bonds. The summed E-state index contributed by atoms with van der Waals surface area (Å²) in [6, 6.07) is 5.32. The van der Waals surface area contributed by atoms with Crippen molar-refractivity contribution < 1.29 is 4.42 Å². The molecule has 0 saturated heterocycles. The van der Waals surface area contributed by atoms with Gasteiger partial charge >= 0.3 is 0 Å². The number of oxazole rings is 1. The second-order valence-corrected chi connectivity index (χ2v) is 3.56. The first-order valence-corrected chi connectivity index (χ1v) is 4.90. The summed E-state index contributed by atoms with van der Waals surface area (Å²) in [5.41, 5.74) is 7.19. The Morgan fingerprint density at radius 2 is 2.36 bits per heavy atom. The van der Waals surface area contributed by atoms with Crippen LogP contribution in [0.2, 0.25) is 5.02 Å². The van der Waals surface area contributed by atoms with E-state index < -0.39 is 0 Å². The summed E-state index contributed by atoms with van der Waals surface area (Å²) >= 11 is 5.94. The van der Waals surface area contributed by atoms with Gasteiger partial charge in [-0.15, -0.1) is 0 Å². The van der Waals surface area contributed by atoms with Gasteiger partial charge in [0.2, 0.25) is 5.89 Å². The van der Waals surface area contributed by atoms with E-state index in [1.807, 2.05) is 19.1 Å². The van der Waals surface area contributed by atoms with E-state index in [4.69, 9.17) is 21.8 Å². The third kappa shape index (κ3) is 1.49. The van der Waals surface area contributed by atoms with Gasteiger partial charge < -0.3 is 10.2 Å². The quantitative estimate of drug-likeness (QED) is 0.829. The van der Waals surface area contributed by atoms with E-state index in [-0.39, 0.29) is 6.04 Å². The molecule has 2 N–H and O–H groups in total. The molecule has 1 atom stereocenters. The molecule has 0 saturated carbocycles. The van der Waals surface area contributed by atoms with E-state index in [1.54, 1.807) is 6.07 Å². The van der Waals surface area contributed by atoms with Gasteiger partial charge in [0.25, 0.3) is 0 Å². The van der Waals surface area contributed by atoms with Gasteiger partial charge in [-0.05, 0) is 18.6 Å². The van der Waals surface area contributed by atoms with Crippen LogP contribution in [0.4, 0.5) is 0 Å². The largest absolute Gasteiger partial charge is 0.437 e. The van der Waals surface area contributed by atoms with Gasteiger partial charge in [-0.25, -0.2) is 4.98 Å². The first-order chi connectivity index (χ1) is 6.72. The number of hydrogen-bond donors (Lipinski definition) is 1. The van der Waals surface area contributed by atoms with Crippen LogP contribution < -0.4 is 5.73 Å². The van der Waals surface area contributed by atoms with E-state index >= 15 is 0 Å². The Bertz CT molecular complexity index is 452. The summed E-state index contributed by atoms with van der Waals surface area (Å²) < 4.78 is 5.48. The Kier molecular flexibility index (Phi) is 2.44. The number of nitrogens with two attached hydrogens (primary N) is 1. The molecule has 3 nitrogen and oxygen atoms in total. The van der Waals surface area contributed by atoms with Crippen LogP contribution in [0.1, 0.15) is 25.3 Å². The van der Waals surface area contributed by atoms with Crippen molar-refractivity contribution in [1.29, 1.82) is 0 Å². The second kappa shape index (κ2) is 3.59. The Hall–Kier alpha value is -1.06. The molecule has 1 aromatic heterocycles.